The molecule has 2 heterocycles. The second kappa shape index (κ2) is 4.92. The van der Waals surface area contributed by atoms with E-state index >= 15 is 0 Å². The van der Waals surface area contributed by atoms with Gasteiger partial charge in [-0.2, -0.15) is 0 Å². The largest absolute Gasteiger partial charge is 0.388 e. The standard InChI is InChI=1S/C14H17ClN2O/c15-10-3-4-13-11(6-10)12(8-17-13)14(18)9-2-1-5-16-7-9/h3-4,6,8-9,14,16-18H,1-2,5,7H2. The molecule has 2 aromatic rings. The first-order chi connectivity index (χ1) is 8.75. The monoisotopic (exact) mass is 264 g/mol. The van der Waals surface area contributed by atoms with Crippen molar-refractivity contribution in [1.82, 2.24) is 10.3 Å². The Morgan fingerprint density at radius 1 is 1.39 bits per heavy atom. The van der Waals surface area contributed by atoms with E-state index in [-0.39, 0.29) is 5.92 Å². The maximum absolute atomic E-state index is 10.5. The van der Waals surface area contributed by atoms with Crippen LogP contribution >= 0.6 is 11.6 Å². The van der Waals surface area contributed by atoms with Crippen molar-refractivity contribution >= 4 is 22.5 Å². The molecule has 0 spiro atoms. The molecule has 0 saturated carbocycles. The summed E-state index contributed by atoms with van der Waals surface area (Å²) in [5.74, 6) is 0.289. The first-order valence-corrected chi connectivity index (χ1v) is 6.79. The number of aromatic nitrogens is 1. The molecule has 3 N–H and O–H groups in total. The summed E-state index contributed by atoms with van der Waals surface area (Å²) in [5.41, 5.74) is 1.98. The van der Waals surface area contributed by atoms with E-state index in [0.29, 0.717) is 5.02 Å². The third-order valence-corrected chi connectivity index (χ3v) is 4.01. The zero-order chi connectivity index (χ0) is 12.5. The van der Waals surface area contributed by atoms with E-state index in [1.807, 2.05) is 24.4 Å². The van der Waals surface area contributed by atoms with Gasteiger partial charge in [-0.25, -0.2) is 0 Å². The highest BCUT2D eigenvalue weighted by atomic mass is 35.5. The van der Waals surface area contributed by atoms with E-state index in [9.17, 15) is 5.11 Å². The second-order valence-corrected chi connectivity index (χ2v) is 5.42. The molecule has 18 heavy (non-hydrogen) atoms. The smallest absolute Gasteiger partial charge is 0.0850 e. The Morgan fingerprint density at radius 3 is 3.06 bits per heavy atom. The predicted octanol–water partition coefficient (Wildman–Crippen LogP) is 2.85. The number of fused-ring (bicyclic) bond motifs is 1. The van der Waals surface area contributed by atoms with Gasteiger partial charge in [-0.1, -0.05) is 11.6 Å². The molecule has 0 aliphatic carbocycles. The first kappa shape index (κ1) is 12.0. The van der Waals surface area contributed by atoms with Crippen molar-refractivity contribution in [2.24, 2.45) is 5.92 Å². The highest BCUT2D eigenvalue weighted by Crippen LogP contribution is 2.33. The zero-order valence-electron chi connectivity index (χ0n) is 10.1. The summed E-state index contributed by atoms with van der Waals surface area (Å²) in [6.45, 7) is 1.94. The molecule has 1 aliphatic rings. The number of aromatic amines is 1. The minimum absolute atomic E-state index is 0.289. The highest BCUT2D eigenvalue weighted by Gasteiger charge is 2.24. The minimum Gasteiger partial charge on any atom is -0.388 e. The van der Waals surface area contributed by atoms with Crippen LogP contribution < -0.4 is 5.32 Å². The lowest BCUT2D eigenvalue weighted by atomic mass is 9.89. The number of halogens is 1. The molecule has 1 fully saturated rings. The normalized spacial score (nSPS) is 22.2. The third-order valence-electron chi connectivity index (χ3n) is 3.78. The summed E-state index contributed by atoms with van der Waals surface area (Å²) in [6, 6.07) is 5.73. The van der Waals surface area contributed by atoms with Crippen molar-refractivity contribution in [3.63, 3.8) is 0 Å². The molecule has 2 unspecified atom stereocenters. The minimum atomic E-state index is -0.426. The number of benzene rings is 1. The Hall–Kier alpha value is -1.03. The van der Waals surface area contributed by atoms with Crippen LogP contribution in [-0.4, -0.2) is 23.2 Å². The average molecular weight is 265 g/mol. The van der Waals surface area contributed by atoms with E-state index < -0.39 is 6.10 Å². The summed E-state index contributed by atoms with van der Waals surface area (Å²) in [5, 5.41) is 15.6. The molecule has 4 heteroatoms. The van der Waals surface area contributed by atoms with Crippen molar-refractivity contribution in [3.05, 3.63) is 35.0 Å². The Morgan fingerprint density at radius 2 is 2.28 bits per heavy atom. The van der Waals surface area contributed by atoms with E-state index in [1.54, 1.807) is 0 Å². The van der Waals surface area contributed by atoms with Gasteiger partial charge in [0.15, 0.2) is 0 Å². The molecular formula is C14H17ClN2O. The fourth-order valence-electron chi connectivity index (χ4n) is 2.76. The Labute approximate surface area is 111 Å². The molecule has 3 rings (SSSR count). The molecular weight excluding hydrogens is 248 g/mol. The molecule has 0 radical (unpaired) electrons. The Kier molecular flexibility index (Phi) is 3.29. The third kappa shape index (κ3) is 2.14. The van der Waals surface area contributed by atoms with Crippen molar-refractivity contribution in [2.75, 3.05) is 13.1 Å². The van der Waals surface area contributed by atoms with Gasteiger partial charge < -0.3 is 15.4 Å². The van der Waals surface area contributed by atoms with E-state index in [0.717, 1.165) is 42.4 Å². The van der Waals surface area contributed by atoms with Gasteiger partial charge in [-0.3, -0.25) is 0 Å². The Balaban J connectivity index is 1.95. The van der Waals surface area contributed by atoms with Crippen LogP contribution in [0.4, 0.5) is 0 Å². The number of hydrogen-bond donors (Lipinski definition) is 3. The molecule has 0 amide bonds. The van der Waals surface area contributed by atoms with Gasteiger partial charge in [-0.15, -0.1) is 0 Å². The maximum Gasteiger partial charge on any atom is 0.0850 e. The summed E-state index contributed by atoms with van der Waals surface area (Å²) < 4.78 is 0. The van der Waals surface area contributed by atoms with Crippen LogP contribution in [-0.2, 0) is 0 Å². The van der Waals surface area contributed by atoms with Gasteiger partial charge in [0.05, 0.1) is 6.10 Å². The highest BCUT2D eigenvalue weighted by molar-refractivity contribution is 6.31. The van der Waals surface area contributed by atoms with Crippen LogP contribution in [0.25, 0.3) is 10.9 Å². The van der Waals surface area contributed by atoms with Crippen LogP contribution in [0.2, 0.25) is 5.02 Å². The van der Waals surface area contributed by atoms with Gasteiger partial charge in [0.25, 0.3) is 0 Å². The van der Waals surface area contributed by atoms with Crippen LogP contribution in [0.15, 0.2) is 24.4 Å². The van der Waals surface area contributed by atoms with Crippen molar-refractivity contribution in [3.8, 4) is 0 Å². The summed E-state index contributed by atoms with van der Waals surface area (Å²) in [4.78, 5) is 3.20. The van der Waals surface area contributed by atoms with Crippen LogP contribution in [0.3, 0.4) is 0 Å². The fraction of sp³-hybridized carbons (Fsp3) is 0.429. The lowest BCUT2D eigenvalue weighted by Crippen LogP contribution is -2.33. The van der Waals surface area contributed by atoms with E-state index in [1.165, 1.54) is 0 Å². The van der Waals surface area contributed by atoms with E-state index in [2.05, 4.69) is 10.3 Å². The number of hydrogen-bond acceptors (Lipinski definition) is 2. The number of piperidine rings is 1. The lowest BCUT2D eigenvalue weighted by molar-refractivity contribution is 0.0934. The van der Waals surface area contributed by atoms with Crippen LogP contribution in [0.1, 0.15) is 24.5 Å². The Bertz CT molecular complexity index is 546. The van der Waals surface area contributed by atoms with E-state index in [4.69, 9.17) is 11.6 Å². The predicted molar refractivity (Wildman–Crippen MR) is 73.9 cm³/mol. The topological polar surface area (TPSA) is 48.0 Å². The lowest BCUT2D eigenvalue weighted by Gasteiger charge is -2.27. The van der Waals surface area contributed by atoms with Gasteiger partial charge in [-0.05, 0) is 37.6 Å². The number of nitrogens with one attached hydrogen (secondary N) is 2. The van der Waals surface area contributed by atoms with Crippen molar-refractivity contribution < 1.29 is 5.11 Å². The first-order valence-electron chi connectivity index (χ1n) is 6.41. The van der Waals surface area contributed by atoms with Crippen molar-refractivity contribution in [2.45, 2.75) is 18.9 Å². The molecule has 1 aliphatic heterocycles. The van der Waals surface area contributed by atoms with Crippen LogP contribution in [0, 0.1) is 5.92 Å². The molecule has 2 atom stereocenters. The summed E-state index contributed by atoms with van der Waals surface area (Å²) in [6.07, 6.45) is 3.68. The average Bonchev–Trinajstić information content (AvgIpc) is 2.82. The van der Waals surface area contributed by atoms with Crippen molar-refractivity contribution in [1.29, 1.82) is 0 Å². The zero-order valence-corrected chi connectivity index (χ0v) is 10.9. The maximum atomic E-state index is 10.5. The molecule has 1 saturated heterocycles. The number of aliphatic hydroxyl groups is 1. The number of rotatable bonds is 2. The summed E-state index contributed by atoms with van der Waals surface area (Å²) >= 11 is 6.03. The SMILES string of the molecule is OC(c1c[nH]c2ccc(Cl)cc12)C1CCCNC1. The number of H-pyrrole nitrogens is 1. The van der Waals surface area contributed by atoms with Gasteiger partial charge in [0.1, 0.15) is 0 Å². The molecule has 0 bridgehead atoms. The molecule has 1 aromatic heterocycles. The fourth-order valence-corrected chi connectivity index (χ4v) is 2.93. The second-order valence-electron chi connectivity index (χ2n) is 4.99. The van der Waals surface area contributed by atoms with Gasteiger partial charge in [0.2, 0.25) is 0 Å². The molecule has 1 aromatic carbocycles. The summed E-state index contributed by atoms with van der Waals surface area (Å²) in [7, 11) is 0. The van der Waals surface area contributed by atoms with Crippen LogP contribution in [0.5, 0.6) is 0 Å². The van der Waals surface area contributed by atoms with Gasteiger partial charge in [0, 0.05) is 40.1 Å². The molecule has 3 nitrogen and oxygen atoms in total. The van der Waals surface area contributed by atoms with Gasteiger partial charge >= 0.3 is 0 Å². The molecule has 96 valence electrons. The number of aliphatic hydroxyl groups excluding tert-OH is 1. The quantitative estimate of drug-likeness (QED) is 0.781.